The largest absolute Gasteiger partial charge is 0.375 e. The molecule has 2 atom stereocenters. The minimum Gasteiger partial charge on any atom is -0.375 e. The van der Waals surface area contributed by atoms with Crippen LogP contribution < -0.4 is 0 Å². The first-order valence-corrected chi connectivity index (χ1v) is 8.89. The van der Waals surface area contributed by atoms with Crippen molar-refractivity contribution in [3.05, 3.63) is 0 Å². The maximum atomic E-state index is 6.15. The molecule has 1 heteroatoms. The van der Waals surface area contributed by atoms with E-state index in [-0.39, 0.29) is 0 Å². The Morgan fingerprint density at radius 1 is 0.684 bits per heavy atom. The minimum atomic E-state index is 0.456. The van der Waals surface area contributed by atoms with Gasteiger partial charge in [-0.25, -0.2) is 0 Å². The predicted octanol–water partition coefficient (Wildman–Crippen LogP) is 6.50. The molecule has 0 aromatic rings. The molecule has 0 spiro atoms. The molecule has 0 amide bonds. The smallest absolute Gasteiger partial charge is 0.0576 e. The van der Waals surface area contributed by atoms with Crippen LogP contribution in [0.2, 0.25) is 0 Å². The highest BCUT2D eigenvalue weighted by molar-refractivity contribution is 4.60. The second kappa shape index (κ2) is 14.4. The van der Waals surface area contributed by atoms with Crippen LogP contribution in [0, 0.1) is 0 Å². The highest BCUT2D eigenvalue weighted by Crippen LogP contribution is 2.15. The Bertz CT molecular complexity index is 167. The summed E-state index contributed by atoms with van der Waals surface area (Å²) in [5.41, 5.74) is 0. The highest BCUT2D eigenvalue weighted by atomic mass is 16.5. The second-order valence-corrected chi connectivity index (χ2v) is 6.03. The lowest BCUT2D eigenvalue weighted by molar-refractivity contribution is -0.0142. The molecule has 0 fully saturated rings. The average Bonchev–Trinajstić information content (AvgIpc) is 2.42. The maximum Gasteiger partial charge on any atom is 0.0576 e. The standard InChI is InChI=1S/C18H38O/c1-5-8-10-11-12-13-14-15-17(4)19-18(7-3)16-9-6-2/h17-18H,5-16H2,1-4H3/t17-,18+/m1/s1. The third-order valence-electron chi connectivity index (χ3n) is 3.97. The number of ether oxygens (including phenoxy) is 1. The third kappa shape index (κ3) is 12.7. The van der Waals surface area contributed by atoms with E-state index < -0.39 is 0 Å². The van der Waals surface area contributed by atoms with Crippen molar-refractivity contribution in [1.82, 2.24) is 0 Å². The summed E-state index contributed by atoms with van der Waals surface area (Å²) in [4.78, 5) is 0. The zero-order valence-corrected chi connectivity index (χ0v) is 14.0. The fraction of sp³-hybridized carbons (Fsp3) is 1.00. The Labute approximate surface area is 122 Å². The van der Waals surface area contributed by atoms with Crippen LogP contribution in [-0.2, 0) is 4.74 Å². The zero-order valence-electron chi connectivity index (χ0n) is 14.0. The topological polar surface area (TPSA) is 9.23 Å². The van der Waals surface area contributed by atoms with Gasteiger partial charge in [0.15, 0.2) is 0 Å². The van der Waals surface area contributed by atoms with Gasteiger partial charge in [-0.1, -0.05) is 78.6 Å². The van der Waals surface area contributed by atoms with Crippen LogP contribution in [0.3, 0.4) is 0 Å². The monoisotopic (exact) mass is 270 g/mol. The number of rotatable bonds is 14. The Hall–Kier alpha value is -0.0400. The van der Waals surface area contributed by atoms with Gasteiger partial charge in [0.2, 0.25) is 0 Å². The predicted molar refractivity (Wildman–Crippen MR) is 86.8 cm³/mol. The van der Waals surface area contributed by atoms with Crippen molar-refractivity contribution in [3.63, 3.8) is 0 Å². The SMILES string of the molecule is CCCCCCCCC[C@@H](C)O[C@@H](CC)CCCC. The van der Waals surface area contributed by atoms with Crippen LogP contribution in [0.25, 0.3) is 0 Å². The van der Waals surface area contributed by atoms with Crippen molar-refractivity contribution in [2.45, 2.75) is 117 Å². The van der Waals surface area contributed by atoms with Crippen LogP contribution in [0.5, 0.6) is 0 Å². The lowest BCUT2D eigenvalue weighted by Crippen LogP contribution is -2.19. The fourth-order valence-corrected chi connectivity index (χ4v) is 2.59. The normalized spacial score (nSPS) is 14.5. The molecule has 0 heterocycles. The molecular weight excluding hydrogens is 232 g/mol. The van der Waals surface area contributed by atoms with E-state index in [1.165, 1.54) is 77.0 Å². The molecule has 0 aliphatic rings. The molecule has 0 bridgehead atoms. The second-order valence-electron chi connectivity index (χ2n) is 6.03. The van der Waals surface area contributed by atoms with E-state index >= 15 is 0 Å². The van der Waals surface area contributed by atoms with E-state index in [9.17, 15) is 0 Å². The van der Waals surface area contributed by atoms with Crippen LogP contribution >= 0.6 is 0 Å². The molecule has 0 rings (SSSR count). The molecule has 0 saturated heterocycles. The molecule has 0 aromatic carbocycles. The molecule has 0 aromatic heterocycles. The van der Waals surface area contributed by atoms with E-state index in [1.54, 1.807) is 0 Å². The van der Waals surface area contributed by atoms with E-state index in [0.717, 1.165) is 0 Å². The van der Waals surface area contributed by atoms with Gasteiger partial charge in [0.1, 0.15) is 0 Å². The van der Waals surface area contributed by atoms with Crippen molar-refractivity contribution in [1.29, 1.82) is 0 Å². The van der Waals surface area contributed by atoms with Crippen molar-refractivity contribution < 1.29 is 4.74 Å². The zero-order chi connectivity index (χ0) is 14.3. The molecule has 0 saturated carbocycles. The van der Waals surface area contributed by atoms with Crippen LogP contribution in [0.4, 0.5) is 0 Å². The minimum absolute atomic E-state index is 0.456. The quantitative estimate of drug-likeness (QED) is 0.327. The first kappa shape index (κ1) is 19.0. The van der Waals surface area contributed by atoms with Crippen LogP contribution in [0.15, 0.2) is 0 Å². The molecule has 19 heavy (non-hydrogen) atoms. The van der Waals surface area contributed by atoms with Crippen molar-refractivity contribution >= 4 is 0 Å². The van der Waals surface area contributed by atoms with E-state index in [4.69, 9.17) is 4.74 Å². The van der Waals surface area contributed by atoms with Gasteiger partial charge in [-0.05, 0) is 26.2 Å². The van der Waals surface area contributed by atoms with Gasteiger partial charge in [-0.3, -0.25) is 0 Å². The number of unbranched alkanes of at least 4 members (excludes halogenated alkanes) is 7. The summed E-state index contributed by atoms with van der Waals surface area (Å²) in [5, 5.41) is 0. The Balaban J connectivity index is 3.43. The Morgan fingerprint density at radius 3 is 1.84 bits per heavy atom. The highest BCUT2D eigenvalue weighted by Gasteiger charge is 2.10. The molecule has 0 unspecified atom stereocenters. The van der Waals surface area contributed by atoms with Crippen molar-refractivity contribution in [3.8, 4) is 0 Å². The summed E-state index contributed by atoms with van der Waals surface area (Å²) in [5.74, 6) is 0. The van der Waals surface area contributed by atoms with Crippen LogP contribution in [-0.4, -0.2) is 12.2 Å². The molecule has 0 aliphatic heterocycles. The van der Waals surface area contributed by atoms with E-state index in [1.807, 2.05) is 0 Å². The van der Waals surface area contributed by atoms with Gasteiger partial charge in [-0.2, -0.15) is 0 Å². The van der Waals surface area contributed by atoms with Gasteiger partial charge in [0.05, 0.1) is 12.2 Å². The first-order valence-electron chi connectivity index (χ1n) is 8.89. The lowest BCUT2D eigenvalue weighted by Gasteiger charge is -2.21. The molecule has 116 valence electrons. The first-order chi connectivity index (χ1) is 9.24. The summed E-state index contributed by atoms with van der Waals surface area (Å²) in [6.07, 6.45) is 17.0. The van der Waals surface area contributed by atoms with E-state index in [2.05, 4.69) is 27.7 Å². The summed E-state index contributed by atoms with van der Waals surface area (Å²) in [6, 6.07) is 0. The summed E-state index contributed by atoms with van der Waals surface area (Å²) in [7, 11) is 0. The Kier molecular flexibility index (Phi) is 14.3. The van der Waals surface area contributed by atoms with E-state index in [0.29, 0.717) is 12.2 Å². The van der Waals surface area contributed by atoms with Gasteiger partial charge in [0, 0.05) is 0 Å². The lowest BCUT2D eigenvalue weighted by atomic mass is 10.1. The summed E-state index contributed by atoms with van der Waals surface area (Å²) >= 11 is 0. The number of hydrogen-bond donors (Lipinski definition) is 0. The molecule has 1 nitrogen and oxygen atoms in total. The molecule has 0 N–H and O–H groups in total. The Morgan fingerprint density at radius 2 is 1.26 bits per heavy atom. The molecule has 0 radical (unpaired) electrons. The summed E-state index contributed by atoms with van der Waals surface area (Å²) < 4.78 is 6.15. The van der Waals surface area contributed by atoms with Crippen molar-refractivity contribution in [2.75, 3.05) is 0 Å². The van der Waals surface area contributed by atoms with Crippen LogP contribution in [0.1, 0.15) is 105 Å². The van der Waals surface area contributed by atoms with Gasteiger partial charge in [-0.15, -0.1) is 0 Å². The average molecular weight is 271 g/mol. The third-order valence-corrected chi connectivity index (χ3v) is 3.97. The van der Waals surface area contributed by atoms with Crippen molar-refractivity contribution in [2.24, 2.45) is 0 Å². The summed E-state index contributed by atoms with van der Waals surface area (Å²) in [6.45, 7) is 9.04. The fourth-order valence-electron chi connectivity index (χ4n) is 2.59. The number of hydrogen-bond acceptors (Lipinski definition) is 1. The van der Waals surface area contributed by atoms with Gasteiger partial charge in [0.25, 0.3) is 0 Å². The molecule has 0 aliphatic carbocycles. The van der Waals surface area contributed by atoms with Gasteiger partial charge >= 0.3 is 0 Å². The molecular formula is C18H38O. The maximum absolute atomic E-state index is 6.15. The van der Waals surface area contributed by atoms with Gasteiger partial charge < -0.3 is 4.74 Å².